The van der Waals surface area contributed by atoms with E-state index in [-0.39, 0.29) is 17.9 Å². The second-order valence-corrected chi connectivity index (χ2v) is 6.85. The van der Waals surface area contributed by atoms with Gasteiger partial charge in [0.15, 0.2) is 0 Å². The summed E-state index contributed by atoms with van der Waals surface area (Å²) in [5.74, 6) is 1.40. The van der Waals surface area contributed by atoms with Crippen molar-refractivity contribution in [1.82, 2.24) is 10.2 Å². The van der Waals surface area contributed by atoms with E-state index < -0.39 is 0 Å². The largest absolute Gasteiger partial charge is 0.497 e. The van der Waals surface area contributed by atoms with Crippen LogP contribution in [0.25, 0.3) is 0 Å². The summed E-state index contributed by atoms with van der Waals surface area (Å²) in [7, 11) is 1.62. The van der Waals surface area contributed by atoms with Gasteiger partial charge in [-0.05, 0) is 36.5 Å². The fourth-order valence-corrected chi connectivity index (χ4v) is 3.00. The first kappa shape index (κ1) is 18.3. The van der Waals surface area contributed by atoms with E-state index in [9.17, 15) is 9.59 Å². The van der Waals surface area contributed by atoms with E-state index in [0.717, 1.165) is 37.2 Å². The highest BCUT2D eigenvalue weighted by molar-refractivity contribution is 5.79. The quantitative estimate of drug-likeness (QED) is 0.870. The Labute approximate surface area is 144 Å². The predicted molar refractivity (Wildman–Crippen MR) is 93.9 cm³/mol. The van der Waals surface area contributed by atoms with Crippen molar-refractivity contribution < 1.29 is 14.3 Å². The molecule has 1 heterocycles. The van der Waals surface area contributed by atoms with Gasteiger partial charge < -0.3 is 15.0 Å². The van der Waals surface area contributed by atoms with Gasteiger partial charge in [0.05, 0.1) is 13.5 Å². The summed E-state index contributed by atoms with van der Waals surface area (Å²) < 4.78 is 5.18. The average molecular weight is 332 g/mol. The molecule has 0 spiro atoms. The molecule has 0 bridgehead atoms. The van der Waals surface area contributed by atoms with Crippen LogP contribution >= 0.6 is 0 Å². The van der Waals surface area contributed by atoms with Crippen LogP contribution in [0.15, 0.2) is 24.3 Å². The van der Waals surface area contributed by atoms with E-state index >= 15 is 0 Å². The minimum atomic E-state index is 0.0233. The fourth-order valence-electron chi connectivity index (χ4n) is 3.00. The van der Waals surface area contributed by atoms with Crippen molar-refractivity contribution in [3.63, 3.8) is 0 Å². The lowest BCUT2D eigenvalue weighted by atomic mass is 10.0. The predicted octanol–water partition coefficient (Wildman–Crippen LogP) is 2.39. The Morgan fingerprint density at radius 3 is 2.62 bits per heavy atom. The number of ether oxygens (including phenoxy) is 1. The molecule has 2 rings (SSSR count). The molecule has 1 saturated heterocycles. The number of piperidine rings is 1. The number of hydrogen-bond donors (Lipinski definition) is 1. The molecule has 1 aliphatic heterocycles. The third kappa shape index (κ3) is 5.55. The van der Waals surface area contributed by atoms with Gasteiger partial charge in [-0.25, -0.2) is 0 Å². The van der Waals surface area contributed by atoms with Crippen molar-refractivity contribution in [2.24, 2.45) is 5.92 Å². The lowest BCUT2D eigenvalue weighted by Crippen LogP contribution is -2.47. The van der Waals surface area contributed by atoms with Crippen molar-refractivity contribution in [3.8, 4) is 5.75 Å². The summed E-state index contributed by atoms with van der Waals surface area (Å²) in [6.07, 6.45) is 2.61. The monoisotopic (exact) mass is 332 g/mol. The molecule has 1 N–H and O–H groups in total. The number of rotatable bonds is 6. The molecule has 0 aliphatic carbocycles. The topological polar surface area (TPSA) is 58.6 Å². The summed E-state index contributed by atoms with van der Waals surface area (Å²) in [6.45, 7) is 5.58. The second kappa shape index (κ2) is 8.71. The Balaban J connectivity index is 1.76. The SMILES string of the molecule is COc1cccc(CC(=O)NC2CCN(C(=O)CC(C)C)CC2)c1. The zero-order valence-corrected chi connectivity index (χ0v) is 14.9. The summed E-state index contributed by atoms with van der Waals surface area (Å²) in [5, 5.41) is 3.09. The molecule has 1 aromatic carbocycles. The number of nitrogens with zero attached hydrogens (tertiary/aromatic N) is 1. The molecule has 24 heavy (non-hydrogen) atoms. The van der Waals surface area contributed by atoms with Gasteiger partial charge in [0, 0.05) is 25.6 Å². The van der Waals surface area contributed by atoms with Crippen molar-refractivity contribution in [2.75, 3.05) is 20.2 Å². The van der Waals surface area contributed by atoms with Crippen molar-refractivity contribution in [2.45, 2.75) is 45.6 Å². The van der Waals surface area contributed by atoms with Gasteiger partial charge in [-0.1, -0.05) is 26.0 Å². The maximum Gasteiger partial charge on any atom is 0.224 e. The van der Waals surface area contributed by atoms with Crippen LogP contribution in [0, 0.1) is 5.92 Å². The Kier molecular flexibility index (Phi) is 6.64. The first-order valence-electron chi connectivity index (χ1n) is 8.68. The normalized spacial score (nSPS) is 15.4. The molecule has 2 amide bonds. The molecule has 132 valence electrons. The van der Waals surface area contributed by atoms with Gasteiger partial charge in [-0.3, -0.25) is 9.59 Å². The highest BCUT2D eigenvalue weighted by atomic mass is 16.5. The summed E-state index contributed by atoms with van der Waals surface area (Å²) >= 11 is 0. The number of nitrogens with one attached hydrogen (secondary N) is 1. The van der Waals surface area contributed by atoms with E-state index in [4.69, 9.17) is 4.74 Å². The van der Waals surface area contributed by atoms with Gasteiger partial charge in [-0.2, -0.15) is 0 Å². The van der Waals surface area contributed by atoms with Gasteiger partial charge in [0.1, 0.15) is 5.75 Å². The molecular formula is C19H28N2O3. The lowest BCUT2D eigenvalue weighted by molar-refractivity contribution is -0.133. The van der Waals surface area contributed by atoms with E-state index in [2.05, 4.69) is 19.2 Å². The molecule has 0 radical (unpaired) electrons. The number of carbonyl (C=O) groups is 2. The Hall–Kier alpha value is -2.04. The zero-order chi connectivity index (χ0) is 17.5. The standard InChI is InChI=1S/C19H28N2O3/c1-14(2)11-19(23)21-9-7-16(8-10-21)20-18(22)13-15-5-4-6-17(12-15)24-3/h4-6,12,14,16H,7-11,13H2,1-3H3,(H,20,22). The van der Waals surface area contributed by atoms with Crippen LogP contribution in [0.4, 0.5) is 0 Å². The highest BCUT2D eigenvalue weighted by Gasteiger charge is 2.24. The molecule has 0 aromatic heterocycles. The minimum absolute atomic E-state index is 0.0233. The number of hydrogen-bond acceptors (Lipinski definition) is 3. The molecule has 1 aliphatic rings. The van der Waals surface area contributed by atoms with E-state index in [1.807, 2.05) is 29.2 Å². The van der Waals surface area contributed by atoms with Crippen molar-refractivity contribution in [1.29, 1.82) is 0 Å². The molecule has 5 nitrogen and oxygen atoms in total. The van der Waals surface area contributed by atoms with Crippen LogP contribution < -0.4 is 10.1 Å². The maximum absolute atomic E-state index is 12.2. The average Bonchev–Trinajstić information content (AvgIpc) is 2.55. The molecule has 1 fully saturated rings. The Morgan fingerprint density at radius 2 is 2.00 bits per heavy atom. The first-order valence-corrected chi connectivity index (χ1v) is 8.68. The maximum atomic E-state index is 12.2. The van der Waals surface area contributed by atoms with E-state index in [1.54, 1.807) is 7.11 Å². The van der Waals surface area contributed by atoms with Gasteiger partial charge in [0.2, 0.25) is 11.8 Å². The number of methoxy groups -OCH3 is 1. The third-order valence-corrected chi connectivity index (χ3v) is 4.29. The summed E-state index contributed by atoms with van der Waals surface area (Å²) in [6, 6.07) is 7.72. The third-order valence-electron chi connectivity index (χ3n) is 4.29. The number of carbonyl (C=O) groups excluding carboxylic acids is 2. The number of amides is 2. The lowest BCUT2D eigenvalue weighted by Gasteiger charge is -2.33. The van der Waals surface area contributed by atoms with Crippen molar-refractivity contribution in [3.05, 3.63) is 29.8 Å². The number of benzene rings is 1. The van der Waals surface area contributed by atoms with Gasteiger partial charge in [-0.15, -0.1) is 0 Å². The van der Waals surface area contributed by atoms with Crippen LogP contribution in [0.2, 0.25) is 0 Å². The minimum Gasteiger partial charge on any atom is -0.497 e. The molecule has 0 atom stereocenters. The van der Waals surface area contributed by atoms with Crippen LogP contribution in [0.5, 0.6) is 5.75 Å². The van der Waals surface area contributed by atoms with Crippen LogP contribution in [0.1, 0.15) is 38.7 Å². The Morgan fingerprint density at radius 1 is 1.29 bits per heavy atom. The first-order chi connectivity index (χ1) is 11.5. The van der Waals surface area contributed by atoms with Crippen LogP contribution in [-0.4, -0.2) is 43.0 Å². The van der Waals surface area contributed by atoms with Crippen LogP contribution in [-0.2, 0) is 16.0 Å². The second-order valence-electron chi connectivity index (χ2n) is 6.85. The summed E-state index contributed by atoms with van der Waals surface area (Å²) in [4.78, 5) is 26.2. The Bertz CT molecular complexity index is 563. The van der Waals surface area contributed by atoms with Crippen LogP contribution in [0.3, 0.4) is 0 Å². The molecule has 0 saturated carbocycles. The molecular weight excluding hydrogens is 304 g/mol. The smallest absolute Gasteiger partial charge is 0.224 e. The van der Waals surface area contributed by atoms with Crippen molar-refractivity contribution >= 4 is 11.8 Å². The molecule has 1 aromatic rings. The van der Waals surface area contributed by atoms with E-state index in [1.165, 1.54) is 0 Å². The molecule has 5 heteroatoms. The molecule has 0 unspecified atom stereocenters. The fraction of sp³-hybridized carbons (Fsp3) is 0.579. The van der Waals surface area contributed by atoms with E-state index in [0.29, 0.717) is 18.8 Å². The van der Waals surface area contributed by atoms with Gasteiger partial charge in [0.25, 0.3) is 0 Å². The zero-order valence-electron chi connectivity index (χ0n) is 14.9. The number of likely N-dealkylation sites (tertiary alicyclic amines) is 1. The summed E-state index contributed by atoms with van der Waals surface area (Å²) in [5.41, 5.74) is 0.941. The van der Waals surface area contributed by atoms with Gasteiger partial charge >= 0.3 is 0 Å². The highest BCUT2D eigenvalue weighted by Crippen LogP contribution is 2.15.